The third-order valence-electron chi connectivity index (χ3n) is 3.74. The fourth-order valence-corrected chi connectivity index (χ4v) is 3.49. The Morgan fingerprint density at radius 2 is 1.87 bits per heavy atom. The van der Waals surface area contributed by atoms with Gasteiger partial charge >= 0.3 is 0 Å². The van der Waals surface area contributed by atoms with E-state index in [0.29, 0.717) is 5.02 Å². The van der Waals surface area contributed by atoms with Crippen LogP contribution < -0.4 is 5.32 Å². The van der Waals surface area contributed by atoms with Crippen LogP contribution >= 0.6 is 23.4 Å². The number of benzene rings is 2. The van der Waals surface area contributed by atoms with E-state index in [0.717, 1.165) is 29.0 Å². The number of hydrogen-bond donors (Lipinski definition) is 1. The Morgan fingerprint density at radius 1 is 1.17 bits per heavy atom. The number of carbonyl (C=O) groups is 1. The molecule has 2 aromatic carbocycles. The van der Waals surface area contributed by atoms with Crippen molar-refractivity contribution in [1.82, 2.24) is 0 Å². The molecule has 4 heteroatoms. The molecule has 0 fully saturated rings. The topological polar surface area (TPSA) is 29.1 Å². The molecule has 0 radical (unpaired) electrons. The van der Waals surface area contributed by atoms with Crippen LogP contribution in [0, 0.1) is 6.92 Å². The second kappa shape index (κ2) is 8.42. The summed E-state index contributed by atoms with van der Waals surface area (Å²) in [6.45, 7) is 6.16. The molecule has 2 rings (SSSR count). The monoisotopic (exact) mass is 347 g/mol. The lowest BCUT2D eigenvalue weighted by Crippen LogP contribution is -2.25. The molecule has 1 amide bonds. The molecule has 0 spiro atoms. The Balaban J connectivity index is 2.13. The Kier molecular flexibility index (Phi) is 6.55. The van der Waals surface area contributed by atoms with Gasteiger partial charge in [0.15, 0.2) is 0 Å². The van der Waals surface area contributed by atoms with Crippen LogP contribution in [0.2, 0.25) is 5.02 Å². The summed E-state index contributed by atoms with van der Waals surface area (Å²) >= 11 is 7.49. The van der Waals surface area contributed by atoms with Gasteiger partial charge in [0.2, 0.25) is 5.91 Å². The second-order valence-corrected chi connectivity index (χ2v) is 7.13. The van der Waals surface area contributed by atoms with Crippen molar-refractivity contribution in [2.45, 2.75) is 43.8 Å². The van der Waals surface area contributed by atoms with Gasteiger partial charge in [0.05, 0.1) is 5.25 Å². The van der Waals surface area contributed by atoms with Crippen molar-refractivity contribution in [3.05, 3.63) is 58.6 Å². The number of para-hydroxylation sites is 1. The van der Waals surface area contributed by atoms with Crippen LogP contribution in [0.4, 0.5) is 5.69 Å². The minimum Gasteiger partial charge on any atom is -0.325 e. The van der Waals surface area contributed by atoms with Crippen LogP contribution in [-0.4, -0.2) is 11.2 Å². The molecular weight excluding hydrogens is 326 g/mol. The van der Waals surface area contributed by atoms with E-state index in [1.807, 2.05) is 50.2 Å². The van der Waals surface area contributed by atoms with Gasteiger partial charge in [-0.1, -0.05) is 43.6 Å². The Hall–Kier alpha value is -1.45. The summed E-state index contributed by atoms with van der Waals surface area (Å²) in [6.07, 6.45) is 1.67. The molecule has 2 nitrogen and oxygen atoms in total. The highest BCUT2D eigenvalue weighted by molar-refractivity contribution is 8.00. The van der Waals surface area contributed by atoms with Crippen LogP contribution in [0.1, 0.15) is 31.4 Å². The molecule has 0 unspecified atom stereocenters. The van der Waals surface area contributed by atoms with Gasteiger partial charge in [-0.3, -0.25) is 4.79 Å². The fraction of sp³-hybridized carbons (Fsp3) is 0.316. The zero-order chi connectivity index (χ0) is 16.8. The standard InChI is InChI=1S/C19H22ClNOS/c1-4-14-8-6-7-13(3)18(14)21-19(22)17(5-2)23-16-11-9-15(20)10-12-16/h6-12,17H,4-5H2,1-3H3,(H,21,22)/t17-/m1/s1. The number of aryl methyl sites for hydroxylation is 2. The Bertz CT molecular complexity index is 670. The molecule has 0 saturated carbocycles. The number of hydrogen-bond acceptors (Lipinski definition) is 2. The minimum absolute atomic E-state index is 0.0523. The molecule has 1 N–H and O–H groups in total. The number of carbonyl (C=O) groups excluding carboxylic acids is 1. The Morgan fingerprint density at radius 3 is 2.48 bits per heavy atom. The maximum absolute atomic E-state index is 12.7. The van der Waals surface area contributed by atoms with E-state index < -0.39 is 0 Å². The van der Waals surface area contributed by atoms with Crippen molar-refractivity contribution in [3.8, 4) is 0 Å². The maximum Gasteiger partial charge on any atom is 0.237 e. The zero-order valence-electron chi connectivity index (χ0n) is 13.7. The van der Waals surface area contributed by atoms with Crippen LogP contribution in [0.15, 0.2) is 47.4 Å². The van der Waals surface area contributed by atoms with Gasteiger partial charge in [0.1, 0.15) is 0 Å². The van der Waals surface area contributed by atoms with E-state index in [9.17, 15) is 4.79 Å². The lowest BCUT2D eigenvalue weighted by Gasteiger charge is -2.18. The first kappa shape index (κ1) is 17.9. The van der Waals surface area contributed by atoms with Crippen molar-refractivity contribution < 1.29 is 4.79 Å². The summed E-state index contributed by atoms with van der Waals surface area (Å²) < 4.78 is 0. The number of nitrogens with one attached hydrogen (secondary N) is 1. The van der Waals surface area contributed by atoms with E-state index in [1.165, 1.54) is 5.56 Å². The maximum atomic E-state index is 12.7. The molecule has 0 aliphatic heterocycles. The molecule has 0 aliphatic rings. The zero-order valence-corrected chi connectivity index (χ0v) is 15.3. The number of thioether (sulfide) groups is 1. The molecule has 1 atom stereocenters. The second-order valence-electron chi connectivity index (χ2n) is 5.42. The highest BCUT2D eigenvalue weighted by Gasteiger charge is 2.19. The van der Waals surface area contributed by atoms with Crippen LogP contribution in [-0.2, 0) is 11.2 Å². The third-order valence-corrected chi connectivity index (χ3v) is 5.37. The lowest BCUT2D eigenvalue weighted by atomic mass is 10.1. The van der Waals surface area contributed by atoms with Gasteiger partial charge < -0.3 is 5.32 Å². The number of anilines is 1. The lowest BCUT2D eigenvalue weighted by molar-refractivity contribution is -0.115. The third kappa shape index (κ3) is 4.76. The van der Waals surface area contributed by atoms with Gasteiger partial charge in [0, 0.05) is 15.6 Å². The van der Waals surface area contributed by atoms with Crippen molar-refractivity contribution in [1.29, 1.82) is 0 Å². The van der Waals surface area contributed by atoms with E-state index in [4.69, 9.17) is 11.6 Å². The number of halogens is 1. The summed E-state index contributed by atoms with van der Waals surface area (Å²) in [5.74, 6) is 0.0523. The van der Waals surface area contributed by atoms with Gasteiger partial charge in [-0.05, 0) is 55.2 Å². The van der Waals surface area contributed by atoms with Gasteiger partial charge in [-0.2, -0.15) is 0 Å². The molecule has 23 heavy (non-hydrogen) atoms. The molecule has 0 aromatic heterocycles. The Labute approximate surface area is 147 Å². The molecule has 122 valence electrons. The van der Waals surface area contributed by atoms with E-state index in [2.05, 4.69) is 18.3 Å². The number of rotatable bonds is 6. The van der Waals surface area contributed by atoms with Gasteiger partial charge in [-0.15, -0.1) is 11.8 Å². The van der Waals surface area contributed by atoms with Crippen LogP contribution in [0.5, 0.6) is 0 Å². The molecule has 0 saturated heterocycles. The highest BCUT2D eigenvalue weighted by Crippen LogP contribution is 2.29. The smallest absolute Gasteiger partial charge is 0.237 e. The molecule has 0 bridgehead atoms. The summed E-state index contributed by atoms with van der Waals surface area (Å²) in [5.41, 5.74) is 3.23. The summed E-state index contributed by atoms with van der Waals surface area (Å²) in [5, 5.41) is 3.71. The normalized spacial score (nSPS) is 12.0. The summed E-state index contributed by atoms with van der Waals surface area (Å²) in [6, 6.07) is 13.7. The van der Waals surface area contributed by atoms with Crippen molar-refractivity contribution >= 4 is 35.0 Å². The molecular formula is C19H22ClNOS. The predicted molar refractivity (Wildman–Crippen MR) is 101 cm³/mol. The first-order valence-electron chi connectivity index (χ1n) is 7.86. The highest BCUT2D eigenvalue weighted by atomic mass is 35.5. The van der Waals surface area contributed by atoms with E-state index in [-0.39, 0.29) is 11.2 Å². The van der Waals surface area contributed by atoms with Gasteiger partial charge in [0.25, 0.3) is 0 Å². The summed E-state index contributed by atoms with van der Waals surface area (Å²) in [7, 11) is 0. The molecule has 0 heterocycles. The van der Waals surface area contributed by atoms with Crippen LogP contribution in [0.3, 0.4) is 0 Å². The summed E-state index contributed by atoms with van der Waals surface area (Å²) in [4.78, 5) is 13.7. The van der Waals surface area contributed by atoms with E-state index >= 15 is 0 Å². The first-order chi connectivity index (χ1) is 11.0. The van der Waals surface area contributed by atoms with Crippen LogP contribution in [0.25, 0.3) is 0 Å². The average Bonchev–Trinajstić information content (AvgIpc) is 2.56. The first-order valence-corrected chi connectivity index (χ1v) is 9.12. The van der Waals surface area contributed by atoms with Crippen molar-refractivity contribution in [3.63, 3.8) is 0 Å². The minimum atomic E-state index is -0.125. The molecule has 0 aliphatic carbocycles. The largest absolute Gasteiger partial charge is 0.325 e. The quantitative estimate of drug-likeness (QED) is 0.677. The SMILES string of the molecule is CCc1cccc(C)c1NC(=O)[C@@H](CC)Sc1ccc(Cl)cc1. The average molecular weight is 348 g/mol. The van der Waals surface area contributed by atoms with Crippen molar-refractivity contribution in [2.24, 2.45) is 0 Å². The van der Waals surface area contributed by atoms with Crippen molar-refractivity contribution in [2.75, 3.05) is 5.32 Å². The van der Waals surface area contributed by atoms with E-state index in [1.54, 1.807) is 11.8 Å². The predicted octanol–water partition coefficient (Wildman–Crippen LogP) is 5.72. The molecule has 2 aromatic rings. The fourth-order valence-electron chi connectivity index (χ4n) is 2.41. The number of amides is 1. The van der Waals surface area contributed by atoms with Gasteiger partial charge in [-0.25, -0.2) is 0 Å².